The SMILES string of the molecule is C1=C2C3=C(CCCC3)C3=C2C(=C/C=C\C=C/3)\CCC1. The standard InChI is InChI=1S/C19H20/c1-2-8-14-9-4-5-13-18-16-11-7-6-10-15(16)17(12-3-1)19(14)18/h1-3,8,12-13H,4-7,9-11H2/b2-1-,3-1?,8-2?,12-3-,14-8-,17-12?. The van der Waals surface area contributed by atoms with Gasteiger partial charge in [0, 0.05) is 0 Å². The van der Waals surface area contributed by atoms with E-state index in [0.29, 0.717) is 0 Å². The maximum absolute atomic E-state index is 2.52. The first-order chi connectivity index (χ1) is 9.45. The molecule has 0 unspecified atom stereocenters. The van der Waals surface area contributed by atoms with Crippen molar-refractivity contribution in [2.75, 3.05) is 0 Å². The third-order valence-electron chi connectivity index (χ3n) is 4.76. The van der Waals surface area contributed by atoms with Gasteiger partial charge in [0.1, 0.15) is 0 Å². The molecule has 0 N–H and O–H groups in total. The molecule has 0 heterocycles. The lowest BCUT2D eigenvalue weighted by molar-refractivity contribution is 0.691. The minimum absolute atomic E-state index is 1.23. The molecule has 0 atom stereocenters. The Balaban J connectivity index is 1.96. The number of hydrogen-bond donors (Lipinski definition) is 0. The van der Waals surface area contributed by atoms with Gasteiger partial charge in [-0.1, -0.05) is 36.5 Å². The third kappa shape index (κ3) is 1.74. The highest BCUT2D eigenvalue weighted by molar-refractivity contribution is 5.74. The third-order valence-corrected chi connectivity index (χ3v) is 4.76. The predicted molar refractivity (Wildman–Crippen MR) is 80.8 cm³/mol. The fraction of sp³-hybridized carbons (Fsp3) is 0.368. The van der Waals surface area contributed by atoms with Crippen molar-refractivity contribution in [3.05, 3.63) is 69.9 Å². The van der Waals surface area contributed by atoms with Crippen LogP contribution in [-0.2, 0) is 0 Å². The Labute approximate surface area is 115 Å². The van der Waals surface area contributed by atoms with E-state index in [1.54, 1.807) is 33.4 Å². The lowest BCUT2D eigenvalue weighted by atomic mass is 9.89. The van der Waals surface area contributed by atoms with Crippen LogP contribution in [0.1, 0.15) is 44.9 Å². The summed E-state index contributed by atoms with van der Waals surface area (Å²) in [6.07, 6.45) is 22.9. The first-order valence-corrected chi connectivity index (χ1v) is 7.67. The van der Waals surface area contributed by atoms with Gasteiger partial charge in [-0.15, -0.1) is 0 Å². The van der Waals surface area contributed by atoms with Gasteiger partial charge in [0.25, 0.3) is 0 Å². The van der Waals surface area contributed by atoms with Crippen LogP contribution in [0.3, 0.4) is 0 Å². The second-order valence-corrected chi connectivity index (χ2v) is 5.90. The van der Waals surface area contributed by atoms with Crippen molar-refractivity contribution in [3.63, 3.8) is 0 Å². The fourth-order valence-electron chi connectivity index (χ4n) is 3.92. The van der Waals surface area contributed by atoms with E-state index in [2.05, 4.69) is 36.5 Å². The van der Waals surface area contributed by atoms with E-state index in [0.717, 1.165) is 0 Å². The summed E-state index contributed by atoms with van der Waals surface area (Å²) in [6.45, 7) is 0. The highest BCUT2D eigenvalue weighted by Gasteiger charge is 2.31. The molecule has 0 heteroatoms. The molecule has 0 aromatic carbocycles. The zero-order valence-electron chi connectivity index (χ0n) is 11.4. The van der Waals surface area contributed by atoms with Crippen molar-refractivity contribution in [1.29, 1.82) is 0 Å². The number of hydrogen-bond acceptors (Lipinski definition) is 0. The van der Waals surface area contributed by atoms with Gasteiger partial charge in [0.2, 0.25) is 0 Å². The van der Waals surface area contributed by atoms with Gasteiger partial charge in [0.05, 0.1) is 0 Å². The molecule has 4 aliphatic rings. The van der Waals surface area contributed by atoms with Crippen LogP contribution in [0.4, 0.5) is 0 Å². The van der Waals surface area contributed by atoms with Crippen LogP contribution in [0, 0.1) is 0 Å². The summed E-state index contributed by atoms with van der Waals surface area (Å²) in [7, 11) is 0. The molecule has 0 radical (unpaired) electrons. The van der Waals surface area contributed by atoms with Crippen molar-refractivity contribution in [3.8, 4) is 0 Å². The summed E-state index contributed by atoms with van der Waals surface area (Å²) in [4.78, 5) is 0. The van der Waals surface area contributed by atoms with E-state index in [-0.39, 0.29) is 0 Å². The van der Waals surface area contributed by atoms with E-state index < -0.39 is 0 Å². The lowest BCUT2D eigenvalue weighted by Crippen LogP contribution is -1.97. The molecule has 0 spiro atoms. The molecule has 0 saturated heterocycles. The Bertz CT molecular complexity index is 600. The summed E-state index contributed by atoms with van der Waals surface area (Å²) in [5, 5.41) is 0. The van der Waals surface area contributed by atoms with Crippen LogP contribution in [0.15, 0.2) is 69.9 Å². The maximum Gasteiger partial charge on any atom is -0.00768 e. The summed E-state index contributed by atoms with van der Waals surface area (Å²) >= 11 is 0. The van der Waals surface area contributed by atoms with E-state index >= 15 is 0 Å². The van der Waals surface area contributed by atoms with Gasteiger partial charge in [-0.3, -0.25) is 0 Å². The van der Waals surface area contributed by atoms with Crippen molar-refractivity contribution >= 4 is 0 Å². The van der Waals surface area contributed by atoms with E-state index in [1.807, 2.05) is 0 Å². The molecule has 19 heavy (non-hydrogen) atoms. The van der Waals surface area contributed by atoms with E-state index in [1.165, 1.54) is 44.9 Å². The molecule has 0 aromatic rings. The van der Waals surface area contributed by atoms with Crippen molar-refractivity contribution in [2.24, 2.45) is 0 Å². The topological polar surface area (TPSA) is 0 Å². The molecule has 0 aromatic heterocycles. The largest absolute Gasteiger partial charge is 0.0763 e. The highest BCUT2D eigenvalue weighted by atomic mass is 14.3. The molecule has 0 aliphatic heterocycles. The monoisotopic (exact) mass is 248 g/mol. The average Bonchev–Trinajstić information content (AvgIpc) is 2.58. The number of fused-ring (bicyclic) bond motifs is 2. The first kappa shape index (κ1) is 11.3. The summed E-state index contributed by atoms with van der Waals surface area (Å²) in [6, 6.07) is 0. The molecular formula is C19H20. The number of rotatable bonds is 0. The molecule has 96 valence electrons. The minimum atomic E-state index is 1.23. The van der Waals surface area contributed by atoms with Crippen molar-refractivity contribution in [2.45, 2.75) is 44.9 Å². The summed E-state index contributed by atoms with van der Waals surface area (Å²) in [5.41, 5.74) is 9.60. The Morgan fingerprint density at radius 3 is 2.63 bits per heavy atom. The summed E-state index contributed by atoms with van der Waals surface area (Å²) < 4.78 is 0. The van der Waals surface area contributed by atoms with Gasteiger partial charge >= 0.3 is 0 Å². The molecule has 0 saturated carbocycles. The van der Waals surface area contributed by atoms with Crippen LogP contribution in [-0.4, -0.2) is 0 Å². The fourth-order valence-corrected chi connectivity index (χ4v) is 3.92. The minimum Gasteiger partial charge on any atom is -0.0763 e. The molecule has 0 fully saturated rings. The molecule has 0 bridgehead atoms. The molecule has 4 aliphatic carbocycles. The van der Waals surface area contributed by atoms with Crippen molar-refractivity contribution < 1.29 is 0 Å². The lowest BCUT2D eigenvalue weighted by Gasteiger charge is -2.16. The molecule has 0 nitrogen and oxygen atoms in total. The summed E-state index contributed by atoms with van der Waals surface area (Å²) in [5.74, 6) is 0. The Hall–Kier alpha value is -1.56. The van der Waals surface area contributed by atoms with Crippen LogP contribution < -0.4 is 0 Å². The smallest absolute Gasteiger partial charge is 0.00768 e. The second kappa shape index (κ2) is 4.52. The number of allylic oxidation sites excluding steroid dienone is 12. The van der Waals surface area contributed by atoms with E-state index in [9.17, 15) is 0 Å². The van der Waals surface area contributed by atoms with Crippen LogP contribution in [0.2, 0.25) is 0 Å². The first-order valence-electron chi connectivity index (χ1n) is 7.67. The van der Waals surface area contributed by atoms with Crippen LogP contribution >= 0.6 is 0 Å². The molecule has 0 amide bonds. The van der Waals surface area contributed by atoms with Crippen LogP contribution in [0.5, 0.6) is 0 Å². The quantitative estimate of drug-likeness (QED) is 0.543. The predicted octanol–water partition coefficient (Wildman–Crippen LogP) is 5.33. The van der Waals surface area contributed by atoms with Gasteiger partial charge in [-0.25, -0.2) is 0 Å². The van der Waals surface area contributed by atoms with Gasteiger partial charge in [-0.05, 0) is 78.4 Å². The normalized spacial score (nSPS) is 31.4. The van der Waals surface area contributed by atoms with Gasteiger partial charge < -0.3 is 0 Å². The Morgan fingerprint density at radius 2 is 1.68 bits per heavy atom. The van der Waals surface area contributed by atoms with Gasteiger partial charge in [-0.2, -0.15) is 0 Å². The van der Waals surface area contributed by atoms with Crippen molar-refractivity contribution in [1.82, 2.24) is 0 Å². The highest BCUT2D eigenvalue weighted by Crippen LogP contribution is 2.49. The maximum atomic E-state index is 2.52. The van der Waals surface area contributed by atoms with Gasteiger partial charge in [0.15, 0.2) is 0 Å². The average molecular weight is 248 g/mol. The Morgan fingerprint density at radius 1 is 0.789 bits per heavy atom. The Kier molecular flexibility index (Phi) is 2.69. The second-order valence-electron chi connectivity index (χ2n) is 5.90. The van der Waals surface area contributed by atoms with Crippen LogP contribution in [0.25, 0.3) is 0 Å². The molecule has 4 rings (SSSR count). The zero-order valence-corrected chi connectivity index (χ0v) is 11.4. The molecular weight excluding hydrogens is 228 g/mol. The zero-order chi connectivity index (χ0) is 12.7. The van der Waals surface area contributed by atoms with E-state index in [4.69, 9.17) is 0 Å².